The number of rotatable bonds is 1. The van der Waals surface area contributed by atoms with Crippen LogP contribution in [0.25, 0.3) is 22.3 Å². The summed E-state index contributed by atoms with van der Waals surface area (Å²) < 4.78 is 8.44. The quantitative estimate of drug-likeness (QED) is 0.657. The average molecular weight is 202 g/mol. The molecule has 5 heteroatoms. The van der Waals surface area contributed by atoms with Gasteiger partial charge in [-0.25, -0.2) is 4.98 Å². The van der Waals surface area contributed by atoms with E-state index in [4.69, 9.17) is 0 Å². The summed E-state index contributed by atoms with van der Waals surface area (Å²) >= 11 is 1.23. The Morgan fingerprint density at radius 1 is 1.21 bits per heavy atom. The van der Waals surface area contributed by atoms with E-state index in [9.17, 15) is 0 Å². The molecule has 1 aromatic carbocycles. The number of benzene rings is 1. The smallest absolute Gasteiger partial charge is 0.114 e. The minimum atomic E-state index is 0.932. The van der Waals surface area contributed by atoms with Gasteiger partial charge in [0.2, 0.25) is 0 Å². The summed E-state index contributed by atoms with van der Waals surface area (Å²) in [5.74, 6) is 0. The van der Waals surface area contributed by atoms with Crippen molar-refractivity contribution < 1.29 is 0 Å². The molecule has 1 N–H and O–H groups in total. The topological polar surface area (TPSA) is 54.5 Å². The van der Waals surface area contributed by atoms with Crippen LogP contribution in [0.1, 0.15) is 0 Å². The Balaban J connectivity index is 2.36. The summed E-state index contributed by atoms with van der Waals surface area (Å²) in [6.45, 7) is 0. The standard InChI is InChI=1S/C9H6N4S/c1-2-6(8-4-10-5-11-8)9-7(3-1)12-14-13-9/h1-5H,(H,10,11). The summed E-state index contributed by atoms with van der Waals surface area (Å²) in [5, 5.41) is 0. The number of fused-ring (bicyclic) bond motifs is 1. The highest BCUT2D eigenvalue weighted by Crippen LogP contribution is 2.24. The Morgan fingerprint density at radius 2 is 2.21 bits per heavy atom. The molecule has 0 aliphatic heterocycles. The van der Waals surface area contributed by atoms with Crippen molar-refractivity contribution in [3.05, 3.63) is 30.7 Å². The minimum absolute atomic E-state index is 0.932. The van der Waals surface area contributed by atoms with Gasteiger partial charge >= 0.3 is 0 Å². The molecule has 0 saturated carbocycles. The van der Waals surface area contributed by atoms with Gasteiger partial charge in [-0.1, -0.05) is 12.1 Å². The SMILES string of the molecule is c1cc(-c2cnc[nH]2)c2nsnc2c1. The van der Waals surface area contributed by atoms with Gasteiger partial charge in [-0.2, -0.15) is 8.75 Å². The molecule has 4 nitrogen and oxygen atoms in total. The molecule has 2 heterocycles. The van der Waals surface area contributed by atoms with Gasteiger partial charge in [-0.3, -0.25) is 0 Å². The summed E-state index contributed by atoms with van der Waals surface area (Å²) in [6.07, 6.45) is 3.45. The number of aromatic amines is 1. The molecule has 0 saturated heterocycles. The van der Waals surface area contributed by atoms with E-state index in [2.05, 4.69) is 18.7 Å². The number of aromatic nitrogens is 4. The first-order chi connectivity index (χ1) is 6.95. The van der Waals surface area contributed by atoms with Crippen LogP contribution in [-0.2, 0) is 0 Å². The molecule has 14 heavy (non-hydrogen) atoms. The number of H-pyrrole nitrogens is 1. The Kier molecular flexibility index (Phi) is 1.57. The van der Waals surface area contributed by atoms with Gasteiger partial charge in [-0.15, -0.1) is 0 Å². The number of hydrogen-bond acceptors (Lipinski definition) is 4. The lowest BCUT2D eigenvalue weighted by molar-refractivity contribution is 1.31. The Morgan fingerprint density at radius 3 is 3.07 bits per heavy atom. The molecule has 3 aromatic rings. The number of nitrogens with one attached hydrogen (secondary N) is 1. The lowest BCUT2D eigenvalue weighted by Crippen LogP contribution is -1.79. The molecule has 2 aromatic heterocycles. The maximum atomic E-state index is 4.26. The third-order valence-corrected chi connectivity index (χ3v) is 2.62. The minimum Gasteiger partial charge on any atom is -0.345 e. The third-order valence-electron chi connectivity index (χ3n) is 2.07. The molecule has 0 unspecified atom stereocenters. The van der Waals surface area contributed by atoms with Crippen molar-refractivity contribution in [2.45, 2.75) is 0 Å². The highest BCUT2D eigenvalue weighted by Gasteiger charge is 2.07. The van der Waals surface area contributed by atoms with E-state index in [1.807, 2.05) is 18.2 Å². The highest BCUT2D eigenvalue weighted by molar-refractivity contribution is 7.00. The number of hydrogen-bond donors (Lipinski definition) is 1. The zero-order valence-corrected chi connectivity index (χ0v) is 7.95. The van der Waals surface area contributed by atoms with Crippen LogP contribution in [0.5, 0.6) is 0 Å². The van der Waals surface area contributed by atoms with Crippen LogP contribution < -0.4 is 0 Å². The van der Waals surface area contributed by atoms with Crippen molar-refractivity contribution in [1.82, 2.24) is 18.7 Å². The van der Waals surface area contributed by atoms with Gasteiger partial charge in [0.15, 0.2) is 0 Å². The second kappa shape index (κ2) is 2.88. The van der Waals surface area contributed by atoms with Gasteiger partial charge in [0.1, 0.15) is 11.0 Å². The Bertz CT molecular complexity index is 555. The monoisotopic (exact) mass is 202 g/mol. The summed E-state index contributed by atoms with van der Waals surface area (Å²) in [4.78, 5) is 7.05. The van der Waals surface area contributed by atoms with Crippen molar-refractivity contribution in [1.29, 1.82) is 0 Å². The van der Waals surface area contributed by atoms with Gasteiger partial charge < -0.3 is 4.98 Å². The number of imidazole rings is 1. The van der Waals surface area contributed by atoms with Crippen molar-refractivity contribution in [2.24, 2.45) is 0 Å². The van der Waals surface area contributed by atoms with Gasteiger partial charge in [0, 0.05) is 5.56 Å². The maximum Gasteiger partial charge on any atom is 0.114 e. The molecule has 0 aliphatic carbocycles. The van der Waals surface area contributed by atoms with Crippen molar-refractivity contribution in [2.75, 3.05) is 0 Å². The predicted molar refractivity (Wildman–Crippen MR) is 55.0 cm³/mol. The van der Waals surface area contributed by atoms with Crippen LogP contribution in [0.2, 0.25) is 0 Å². The molecule has 68 valence electrons. The molecule has 0 bridgehead atoms. The second-order valence-corrected chi connectivity index (χ2v) is 3.43. The molecule has 0 amide bonds. The van der Waals surface area contributed by atoms with Crippen LogP contribution in [0.3, 0.4) is 0 Å². The first kappa shape index (κ1) is 7.64. The van der Waals surface area contributed by atoms with E-state index in [1.54, 1.807) is 12.5 Å². The average Bonchev–Trinajstić information content (AvgIpc) is 2.88. The zero-order valence-electron chi connectivity index (χ0n) is 7.14. The Hall–Kier alpha value is -1.75. The molecule has 0 radical (unpaired) electrons. The summed E-state index contributed by atoms with van der Waals surface area (Å²) in [5.41, 5.74) is 3.89. The van der Waals surface area contributed by atoms with Crippen LogP contribution in [0.4, 0.5) is 0 Å². The zero-order chi connectivity index (χ0) is 9.38. The normalized spacial score (nSPS) is 10.9. The Labute approximate surface area is 84.0 Å². The van der Waals surface area contributed by atoms with Crippen LogP contribution in [0, 0.1) is 0 Å². The van der Waals surface area contributed by atoms with Gasteiger partial charge in [0.25, 0.3) is 0 Å². The van der Waals surface area contributed by atoms with Crippen molar-refractivity contribution >= 4 is 22.8 Å². The lowest BCUT2D eigenvalue weighted by Gasteiger charge is -1.96. The van der Waals surface area contributed by atoms with Gasteiger partial charge in [-0.05, 0) is 6.07 Å². The van der Waals surface area contributed by atoms with E-state index < -0.39 is 0 Å². The summed E-state index contributed by atoms with van der Waals surface area (Å²) in [7, 11) is 0. The predicted octanol–water partition coefficient (Wildman–Crippen LogP) is 2.08. The fourth-order valence-electron chi connectivity index (χ4n) is 1.43. The molecular formula is C9H6N4S. The van der Waals surface area contributed by atoms with Gasteiger partial charge in [0.05, 0.1) is 29.9 Å². The van der Waals surface area contributed by atoms with Crippen molar-refractivity contribution in [3.8, 4) is 11.3 Å². The van der Waals surface area contributed by atoms with E-state index in [-0.39, 0.29) is 0 Å². The first-order valence-electron chi connectivity index (χ1n) is 4.15. The molecule has 0 fully saturated rings. The van der Waals surface area contributed by atoms with Crippen molar-refractivity contribution in [3.63, 3.8) is 0 Å². The van der Waals surface area contributed by atoms with Crippen LogP contribution >= 0.6 is 11.7 Å². The van der Waals surface area contributed by atoms with E-state index in [0.717, 1.165) is 22.3 Å². The van der Waals surface area contributed by atoms with E-state index in [1.165, 1.54) is 11.7 Å². The third kappa shape index (κ3) is 1.03. The number of nitrogens with zero attached hydrogens (tertiary/aromatic N) is 3. The molecule has 3 rings (SSSR count). The van der Waals surface area contributed by atoms with E-state index >= 15 is 0 Å². The summed E-state index contributed by atoms with van der Waals surface area (Å²) in [6, 6.07) is 5.94. The second-order valence-electron chi connectivity index (χ2n) is 2.90. The first-order valence-corrected chi connectivity index (χ1v) is 4.88. The largest absolute Gasteiger partial charge is 0.345 e. The molecule has 0 spiro atoms. The molecule has 0 atom stereocenters. The maximum absolute atomic E-state index is 4.26. The lowest BCUT2D eigenvalue weighted by atomic mass is 10.1. The van der Waals surface area contributed by atoms with Crippen LogP contribution in [-0.4, -0.2) is 18.7 Å². The highest BCUT2D eigenvalue weighted by atomic mass is 32.1. The molecular weight excluding hydrogens is 196 g/mol. The van der Waals surface area contributed by atoms with Crippen LogP contribution in [0.15, 0.2) is 30.7 Å². The fourth-order valence-corrected chi connectivity index (χ4v) is 1.98. The fraction of sp³-hybridized carbons (Fsp3) is 0. The molecule has 0 aliphatic rings. The van der Waals surface area contributed by atoms with E-state index in [0.29, 0.717) is 0 Å².